The van der Waals surface area contributed by atoms with Gasteiger partial charge in [-0.3, -0.25) is 0 Å². The van der Waals surface area contributed by atoms with Crippen molar-refractivity contribution in [2.75, 3.05) is 26.4 Å². The molecule has 17 heavy (non-hydrogen) atoms. The normalized spacial score (nSPS) is 10.0. The van der Waals surface area contributed by atoms with E-state index in [1.807, 2.05) is 6.92 Å². The maximum atomic E-state index is 11.3. The highest BCUT2D eigenvalue weighted by atomic mass is 16.5. The second kappa shape index (κ2) is 7.62. The zero-order valence-electron chi connectivity index (χ0n) is 10.1. The Labute approximate surface area is 101 Å². The van der Waals surface area contributed by atoms with E-state index in [9.17, 15) is 4.79 Å². The lowest BCUT2D eigenvalue weighted by Crippen LogP contribution is -2.08. The highest BCUT2D eigenvalue weighted by Gasteiger charge is 2.06. The molecule has 1 aromatic heterocycles. The van der Waals surface area contributed by atoms with Crippen LogP contribution in [0.2, 0.25) is 0 Å². The zero-order chi connectivity index (χ0) is 12.5. The van der Waals surface area contributed by atoms with Crippen molar-refractivity contribution in [2.45, 2.75) is 13.8 Å². The molecule has 0 spiro atoms. The first-order valence-electron chi connectivity index (χ1n) is 5.61. The van der Waals surface area contributed by atoms with Gasteiger partial charge in [0.1, 0.15) is 6.61 Å². The van der Waals surface area contributed by atoms with Crippen LogP contribution in [0.25, 0.3) is 0 Å². The third-order valence-electron chi connectivity index (χ3n) is 1.93. The zero-order valence-corrected chi connectivity index (χ0v) is 10.1. The van der Waals surface area contributed by atoms with Crippen molar-refractivity contribution >= 4 is 5.97 Å². The summed E-state index contributed by atoms with van der Waals surface area (Å²) in [6.07, 6.45) is 1.44. The van der Waals surface area contributed by atoms with Crippen molar-refractivity contribution in [3.63, 3.8) is 0 Å². The van der Waals surface area contributed by atoms with E-state index in [2.05, 4.69) is 4.98 Å². The van der Waals surface area contributed by atoms with Crippen LogP contribution in [0.3, 0.4) is 0 Å². The lowest BCUT2D eigenvalue weighted by Gasteiger charge is -2.06. The second-order valence-electron chi connectivity index (χ2n) is 3.15. The maximum absolute atomic E-state index is 11.3. The van der Waals surface area contributed by atoms with Gasteiger partial charge in [-0.1, -0.05) is 0 Å². The largest absolute Gasteiger partial charge is 0.475 e. The maximum Gasteiger partial charge on any atom is 0.339 e. The molecule has 0 aliphatic rings. The predicted octanol–water partition coefficient (Wildman–Crippen LogP) is 1.67. The molecule has 0 fully saturated rings. The summed E-state index contributed by atoms with van der Waals surface area (Å²) in [4.78, 5) is 15.3. The molecule has 5 nitrogen and oxygen atoms in total. The Kier molecular flexibility index (Phi) is 6.03. The highest BCUT2D eigenvalue weighted by Crippen LogP contribution is 2.08. The smallest absolute Gasteiger partial charge is 0.339 e. The van der Waals surface area contributed by atoms with Crippen molar-refractivity contribution in [1.29, 1.82) is 0 Å². The van der Waals surface area contributed by atoms with Crippen molar-refractivity contribution < 1.29 is 19.0 Å². The lowest BCUT2D eigenvalue weighted by molar-refractivity contribution is 0.0525. The van der Waals surface area contributed by atoms with Gasteiger partial charge in [0.25, 0.3) is 0 Å². The van der Waals surface area contributed by atoms with E-state index in [4.69, 9.17) is 14.2 Å². The van der Waals surface area contributed by atoms with Crippen LogP contribution in [0, 0.1) is 0 Å². The number of ether oxygens (including phenoxy) is 3. The van der Waals surface area contributed by atoms with Gasteiger partial charge in [0.2, 0.25) is 5.88 Å². The quantitative estimate of drug-likeness (QED) is 0.535. The highest BCUT2D eigenvalue weighted by molar-refractivity contribution is 5.89. The number of carbonyl (C=O) groups is 1. The van der Waals surface area contributed by atoms with Crippen LogP contribution in [0.1, 0.15) is 24.2 Å². The van der Waals surface area contributed by atoms with Crippen LogP contribution in [0.5, 0.6) is 5.88 Å². The third kappa shape index (κ3) is 4.82. The first-order valence-corrected chi connectivity index (χ1v) is 5.61. The van der Waals surface area contributed by atoms with Crippen molar-refractivity contribution in [2.24, 2.45) is 0 Å². The molecule has 0 saturated heterocycles. The van der Waals surface area contributed by atoms with Crippen LogP contribution in [-0.2, 0) is 9.47 Å². The van der Waals surface area contributed by atoms with E-state index in [1.54, 1.807) is 19.1 Å². The summed E-state index contributed by atoms with van der Waals surface area (Å²) in [5.74, 6) is 0.0959. The number of carbonyl (C=O) groups excluding carboxylic acids is 1. The average molecular weight is 239 g/mol. The van der Waals surface area contributed by atoms with E-state index in [0.29, 0.717) is 37.9 Å². The molecular weight excluding hydrogens is 222 g/mol. The number of rotatable bonds is 7. The van der Waals surface area contributed by atoms with Gasteiger partial charge in [-0.15, -0.1) is 0 Å². The molecule has 0 amide bonds. The molecule has 1 rings (SSSR count). The fourth-order valence-corrected chi connectivity index (χ4v) is 1.15. The molecule has 0 N–H and O–H groups in total. The number of nitrogens with zero attached hydrogens (tertiary/aromatic N) is 1. The molecule has 0 radical (unpaired) electrons. The molecule has 0 unspecified atom stereocenters. The minimum atomic E-state index is -0.374. The average Bonchev–Trinajstić information content (AvgIpc) is 2.36. The van der Waals surface area contributed by atoms with E-state index < -0.39 is 0 Å². The van der Waals surface area contributed by atoms with Gasteiger partial charge in [0, 0.05) is 18.9 Å². The molecule has 5 heteroatoms. The fourth-order valence-electron chi connectivity index (χ4n) is 1.15. The number of esters is 1. The van der Waals surface area contributed by atoms with Crippen molar-refractivity contribution in [3.8, 4) is 5.88 Å². The first-order chi connectivity index (χ1) is 8.27. The number of hydrogen-bond acceptors (Lipinski definition) is 5. The van der Waals surface area contributed by atoms with Crippen LogP contribution in [-0.4, -0.2) is 37.4 Å². The predicted molar refractivity (Wildman–Crippen MR) is 62.2 cm³/mol. The molecule has 1 heterocycles. The molecular formula is C12H17NO4. The standard InChI is InChI=1S/C12H17NO4/c1-3-15-7-8-17-11-6-5-10(9-13-11)12(14)16-4-2/h5-6,9H,3-4,7-8H2,1-2H3. The van der Waals surface area contributed by atoms with Crippen LogP contribution < -0.4 is 4.74 Å². The summed E-state index contributed by atoms with van der Waals surface area (Å²) in [7, 11) is 0. The Bertz CT molecular complexity index is 337. The monoisotopic (exact) mass is 239 g/mol. The number of pyridine rings is 1. The van der Waals surface area contributed by atoms with Gasteiger partial charge in [-0.25, -0.2) is 9.78 Å². The van der Waals surface area contributed by atoms with Gasteiger partial charge in [0.05, 0.1) is 18.8 Å². The first kappa shape index (κ1) is 13.4. The molecule has 0 aromatic carbocycles. The second-order valence-corrected chi connectivity index (χ2v) is 3.15. The SMILES string of the molecule is CCOCCOc1ccc(C(=O)OCC)cn1. The van der Waals surface area contributed by atoms with Gasteiger partial charge >= 0.3 is 5.97 Å². The van der Waals surface area contributed by atoms with Crippen molar-refractivity contribution in [1.82, 2.24) is 4.98 Å². The van der Waals surface area contributed by atoms with E-state index in [-0.39, 0.29) is 5.97 Å². The summed E-state index contributed by atoms with van der Waals surface area (Å²) in [6.45, 7) is 5.67. The summed E-state index contributed by atoms with van der Waals surface area (Å²) in [5.41, 5.74) is 0.420. The van der Waals surface area contributed by atoms with Crippen LogP contribution >= 0.6 is 0 Å². The number of aromatic nitrogens is 1. The Morgan fingerprint density at radius 1 is 1.24 bits per heavy atom. The Hall–Kier alpha value is -1.62. The van der Waals surface area contributed by atoms with Gasteiger partial charge < -0.3 is 14.2 Å². The van der Waals surface area contributed by atoms with Gasteiger partial charge in [0.15, 0.2) is 0 Å². The fraction of sp³-hybridized carbons (Fsp3) is 0.500. The topological polar surface area (TPSA) is 57.7 Å². The summed E-state index contributed by atoms with van der Waals surface area (Å²) < 4.78 is 15.3. The minimum absolute atomic E-state index is 0.353. The molecule has 0 aliphatic heterocycles. The minimum Gasteiger partial charge on any atom is -0.475 e. The molecule has 0 bridgehead atoms. The van der Waals surface area contributed by atoms with E-state index in [1.165, 1.54) is 6.20 Å². The van der Waals surface area contributed by atoms with Crippen molar-refractivity contribution in [3.05, 3.63) is 23.9 Å². The van der Waals surface area contributed by atoms with E-state index >= 15 is 0 Å². The molecule has 0 aliphatic carbocycles. The van der Waals surface area contributed by atoms with Crippen LogP contribution in [0.15, 0.2) is 18.3 Å². The summed E-state index contributed by atoms with van der Waals surface area (Å²) in [5, 5.41) is 0. The molecule has 0 saturated carbocycles. The summed E-state index contributed by atoms with van der Waals surface area (Å²) in [6, 6.07) is 3.26. The van der Waals surface area contributed by atoms with Gasteiger partial charge in [-0.05, 0) is 19.9 Å². The Morgan fingerprint density at radius 3 is 2.65 bits per heavy atom. The molecule has 0 atom stereocenters. The molecule has 94 valence electrons. The lowest BCUT2D eigenvalue weighted by atomic mass is 10.3. The van der Waals surface area contributed by atoms with Crippen LogP contribution in [0.4, 0.5) is 0 Å². The number of hydrogen-bond donors (Lipinski definition) is 0. The van der Waals surface area contributed by atoms with E-state index in [0.717, 1.165) is 0 Å². The molecule has 1 aromatic rings. The summed E-state index contributed by atoms with van der Waals surface area (Å²) >= 11 is 0. The Morgan fingerprint density at radius 2 is 2.06 bits per heavy atom. The van der Waals surface area contributed by atoms with Gasteiger partial charge in [-0.2, -0.15) is 0 Å². The Balaban J connectivity index is 2.42. The third-order valence-corrected chi connectivity index (χ3v) is 1.93.